The molecule has 2 spiro atoms. The minimum absolute atomic E-state index is 0.00927. The molecule has 0 saturated heterocycles. The molecule has 6 N–H and O–H groups in total. The van der Waals surface area contributed by atoms with Gasteiger partial charge in [-0.05, 0) is 151 Å². The third kappa shape index (κ3) is 11.1. The Balaban J connectivity index is 0.978. The Morgan fingerprint density at radius 1 is 0.848 bits per heavy atom. The van der Waals surface area contributed by atoms with Crippen molar-refractivity contribution in [3.05, 3.63) is 220 Å². The second-order valence-electron chi connectivity index (χ2n) is 26.5. The van der Waals surface area contributed by atoms with Crippen molar-refractivity contribution in [2.24, 2.45) is 16.7 Å². The van der Waals surface area contributed by atoms with E-state index >= 15 is 4.79 Å². The minimum Gasteiger partial charge on any atom is -0.508 e. The Labute approximate surface area is 536 Å². The molecule has 7 aliphatic rings. The largest absolute Gasteiger partial charge is 0.508 e. The number of H-pyrrole nitrogens is 1. The first-order valence-corrected chi connectivity index (χ1v) is 32.6. The number of aliphatic hydroxyl groups excluding tert-OH is 1. The molecular formula is C78H78N4O10. The molecule has 5 aromatic carbocycles. The van der Waals surface area contributed by atoms with Crippen molar-refractivity contribution in [2.75, 3.05) is 25.1 Å². The topological polar surface area (TPSA) is 196 Å². The third-order valence-electron chi connectivity index (χ3n) is 20.9. The van der Waals surface area contributed by atoms with Crippen LogP contribution in [0.25, 0.3) is 10.8 Å². The normalized spacial score (nSPS) is 24.6. The summed E-state index contributed by atoms with van der Waals surface area (Å²) >= 11 is 0. The quantitative estimate of drug-likeness (QED) is 0.0408. The van der Waals surface area contributed by atoms with Crippen LogP contribution in [-0.4, -0.2) is 73.8 Å². The molecule has 2 aromatic heterocycles. The van der Waals surface area contributed by atoms with E-state index in [4.69, 9.17) is 14.2 Å². The second kappa shape index (κ2) is 24.6. The number of allylic oxidation sites excluding steroid dienone is 8. The number of benzene rings is 5. The van der Waals surface area contributed by atoms with Crippen LogP contribution in [0.15, 0.2) is 175 Å². The number of aromatic nitrogens is 2. The van der Waals surface area contributed by atoms with Gasteiger partial charge in [0.1, 0.15) is 40.7 Å². The number of fused-ring (bicyclic) bond motifs is 3. The zero-order valence-corrected chi connectivity index (χ0v) is 52.3. The zero-order chi connectivity index (χ0) is 63.4. The molecule has 92 heavy (non-hydrogen) atoms. The summed E-state index contributed by atoms with van der Waals surface area (Å²) in [5, 5.41) is 53.0. The minimum atomic E-state index is -0.806. The van der Waals surface area contributed by atoms with Crippen LogP contribution in [0.5, 0.6) is 34.5 Å². The highest BCUT2D eigenvalue weighted by molar-refractivity contribution is 6.00. The van der Waals surface area contributed by atoms with Gasteiger partial charge in [0.2, 0.25) is 5.75 Å². The number of ether oxygens (including phenoxy) is 3. The summed E-state index contributed by atoms with van der Waals surface area (Å²) < 4.78 is 21.1. The number of aromatic amines is 1. The highest BCUT2D eigenvalue weighted by Gasteiger charge is 2.51. The van der Waals surface area contributed by atoms with E-state index in [0.29, 0.717) is 50.8 Å². The number of nitrogens with one attached hydrogen (secondary N) is 2. The van der Waals surface area contributed by atoms with Crippen molar-refractivity contribution in [2.45, 2.75) is 133 Å². The number of rotatable bonds is 11. The van der Waals surface area contributed by atoms with E-state index in [0.717, 1.165) is 99.0 Å². The van der Waals surface area contributed by atoms with E-state index in [1.54, 1.807) is 31.2 Å². The molecule has 5 aliphatic carbocycles. The number of nitrogens with zero attached hydrogens (tertiary/aromatic N) is 2. The van der Waals surface area contributed by atoms with Crippen molar-refractivity contribution in [1.29, 1.82) is 0 Å². The number of aromatic hydroxyl groups is 3. The van der Waals surface area contributed by atoms with Gasteiger partial charge in [-0.2, -0.15) is 0 Å². The van der Waals surface area contributed by atoms with E-state index in [1.807, 2.05) is 54.6 Å². The molecule has 470 valence electrons. The zero-order valence-electron chi connectivity index (χ0n) is 52.3. The maximum Gasteiger partial charge on any atom is 0.302 e. The molecule has 1 fully saturated rings. The standard InChI is InChI=1S/C78H78N4O10/c1-47(83)27-32-81-67-24-23-62-74-65(67)46-82(69(74)43-77(76(62)89)28-7-8-29-77)68(53-37-70(88)75(71(38-53)90-3)92-60-35-50(34-57(86)41-60)33-49-13-5-4-6-14-49)42-58(87)40-59(91-48(2)84)25-30-78-54-16-10-17-55(78)19-12-22-66(78)64-45-79-44-63(64)61(21-11-18-54)73(51-15-9-20-56(85)36-51)52-26-31-80-72(81)39-52/h4-6,9-10,12-17,20,22-24,26,34-39,41,44-46,55,59,61,66,68,73,76,79-80,85-86,88-89H,7-8,18-19,25,27-33,40,42-43H2,1-3H3/t55-,59-,61+,66-,68-,73-,76-,78+/m1/s1. The van der Waals surface area contributed by atoms with Crippen LogP contribution >= 0.6 is 0 Å². The maximum absolute atomic E-state index is 15.8. The molecule has 7 aromatic rings. The fraction of sp³-hybridized carbons (Fsp3) is 0.346. The molecule has 0 amide bonds. The molecule has 0 radical (unpaired) electrons. The van der Waals surface area contributed by atoms with Crippen molar-refractivity contribution in [3.8, 4) is 46.3 Å². The number of esters is 1. The van der Waals surface area contributed by atoms with Crippen LogP contribution in [0.4, 0.5) is 5.69 Å². The first-order chi connectivity index (χ1) is 44.7. The molecular weight excluding hydrogens is 1150 g/mol. The summed E-state index contributed by atoms with van der Waals surface area (Å²) in [6, 6.07) is 29.1. The number of hydrogen-bond acceptors (Lipinski definition) is 12. The molecule has 1 saturated carbocycles. The van der Waals surface area contributed by atoms with Crippen molar-refractivity contribution >= 4 is 34.0 Å². The SMILES string of the molecule is COc1cc([C@H]2CC(=O)C[C@H](OC(C)=O)CC[C@]34C5=CC=C[C@@H]3CC=C[C@@H]4c3c[nH]cc3[C@H](C#CC5)[C@H](c3cccc(O)c3)C3=CCNC(=C3)N(CCC(C)=O)c3ccc4c5c(n2cc35)CC2(CCCC2)[C@@H]4O)cc(O)c1Oc1cc(O)cc(Cc2ccccc2)c1. The number of phenols is 3. The molecule has 14 rings (SSSR count). The van der Waals surface area contributed by atoms with Crippen LogP contribution in [0, 0.1) is 28.6 Å². The lowest BCUT2D eigenvalue weighted by Gasteiger charge is -2.50. The van der Waals surface area contributed by atoms with Crippen molar-refractivity contribution in [1.82, 2.24) is 14.9 Å². The summed E-state index contributed by atoms with van der Waals surface area (Å²) in [5.41, 5.74) is 9.06. The first kappa shape index (κ1) is 60.1. The summed E-state index contributed by atoms with van der Waals surface area (Å²) in [6.07, 6.45) is 27.2. The van der Waals surface area contributed by atoms with Crippen LogP contribution in [0.1, 0.15) is 159 Å². The van der Waals surface area contributed by atoms with Gasteiger partial charge in [-0.3, -0.25) is 14.4 Å². The number of hydrogen-bond donors (Lipinski definition) is 6. The van der Waals surface area contributed by atoms with Crippen LogP contribution in [-0.2, 0) is 32.0 Å². The van der Waals surface area contributed by atoms with E-state index in [1.165, 1.54) is 25.7 Å². The third-order valence-corrected chi connectivity index (χ3v) is 20.9. The number of aliphatic hydroxyl groups is 1. The molecule has 8 atom stereocenters. The first-order valence-electron chi connectivity index (χ1n) is 32.6. The lowest BCUT2D eigenvalue weighted by atomic mass is 9.53. The Morgan fingerprint density at radius 2 is 1.68 bits per heavy atom. The smallest absolute Gasteiger partial charge is 0.302 e. The van der Waals surface area contributed by atoms with Gasteiger partial charge in [0, 0.05) is 109 Å². The number of dihydropyridines is 1. The van der Waals surface area contributed by atoms with E-state index in [2.05, 4.69) is 105 Å². The van der Waals surface area contributed by atoms with Gasteiger partial charge in [-0.1, -0.05) is 115 Å². The van der Waals surface area contributed by atoms with Gasteiger partial charge in [0.05, 0.1) is 30.9 Å². The number of anilines is 1. The maximum atomic E-state index is 15.8. The molecule has 2 aliphatic heterocycles. The summed E-state index contributed by atoms with van der Waals surface area (Å²) in [5.74, 6) is 7.17. The number of carbonyl (C=O) groups is 3. The average molecular weight is 1230 g/mol. The Kier molecular flexibility index (Phi) is 16.1. The Hall–Kier alpha value is -9.45. The van der Waals surface area contributed by atoms with Gasteiger partial charge in [-0.15, -0.1) is 0 Å². The fourth-order valence-electron chi connectivity index (χ4n) is 16.8. The van der Waals surface area contributed by atoms with Crippen LogP contribution in [0.2, 0.25) is 0 Å². The summed E-state index contributed by atoms with van der Waals surface area (Å²) in [6.45, 7) is 3.74. The number of Topliss-reactive ketones (excluding diaryl/α,β-unsaturated/α-hetero) is 2. The average Bonchev–Trinajstić information content (AvgIpc) is 1.58. The highest BCUT2D eigenvalue weighted by atomic mass is 16.5. The molecule has 0 unspecified atom stereocenters. The number of carbonyl (C=O) groups excluding carboxylic acids is 3. The fourth-order valence-corrected chi connectivity index (χ4v) is 16.8. The van der Waals surface area contributed by atoms with Gasteiger partial charge < -0.3 is 54.4 Å². The van der Waals surface area contributed by atoms with Crippen molar-refractivity contribution < 1.29 is 49.0 Å². The molecule has 6 bridgehead atoms. The monoisotopic (exact) mass is 1230 g/mol. The molecule has 14 nitrogen and oxygen atoms in total. The number of phenolic OH excluding ortho intramolecular Hbond substituents is 3. The summed E-state index contributed by atoms with van der Waals surface area (Å²) in [4.78, 5) is 48.3. The van der Waals surface area contributed by atoms with Gasteiger partial charge in [0.15, 0.2) is 11.5 Å². The number of methoxy groups -OCH3 is 1. The van der Waals surface area contributed by atoms with Gasteiger partial charge >= 0.3 is 5.97 Å². The predicted molar refractivity (Wildman–Crippen MR) is 354 cm³/mol. The van der Waals surface area contributed by atoms with Crippen LogP contribution < -0.4 is 19.7 Å². The summed E-state index contributed by atoms with van der Waals surface area (Å²) in [7, 11) is 1.50. The van der Waals surface area contributed by atoms with E-state index in [-0.39, 0.29) is 77.2 Å². The Morgan fingerprint density at radius 3 is 2.49 bits per heavy atom. The van der Waals surface area contributed by atoms with Gasteiger partial charge in [0.25, 0.3) is 0 Å². The number of ketones is 2. The van der Waals surface area contributed by atoms with Crippen molar-refractivity contribution in [3.63, 3.8) is 0 Å². The highest BCUT2D eigenvalue weighted by Crippen LogP contribution is 2.61. The van der Waals surface area contributed by atoms with E-state index in [9.17, 15) is 30.0 Å². The lowest BCUT2D eigenvalue weighted by molar-refractivity contribution is -0.148. The predicted octanol–water partition coefficient (Wildman–Crippen LogP) is 14.6. The van der Waals surface area contributed by atoms with E-state index < -0.39 is 46.9 Å². The molecule has 4 heterocycles. The molecule has 14 heteroatoms. The second-order valence-corrected chi connectivity index (χ2v) is 26.5. The van der Waals surface area contributed by atoms with Gasteiger partial charge in [-0.25, -0.2) is 0 Å². The lowest BCUT2D eigenvalue weighted by Crippen LogP contribution is -2.41. The Bertz CT molecular complexity index is 4300. The van der Waals surface area contributed by atoms with Crippen LogP contribution in [0.3, 0.4) is 0 Å².